The Morgan fingerprint density at radius 1 is 0.361 bits per heavy atom. The quantitative estimate of drug-likeness (QED) is 0.0822. The van der Waals surface area contributed by atoms with Crippen LogP contribution in [0, 0.1) is 165 Å². The number of halogens is 13. The molecule has 0 bridgehead atoms. The van der Waals surface area contributed by atoms with Crippen molar-refractivity contribution in [2.45, 2.75) is 17.0 Å². The molecule has 16 nitrogen and oxygen atoms in total. The van der Waals surface area contributed by atoms with Crippen LogP contribution in [0.3, 0.4) is 0 Å². The Labute approximate surface area is 891 Å². The molecule has 0 N–H and O–H groups in total. The number of alkyl halides is 3. The van der Waals surface area contributed by atoms with Gasteiger partial charge < -0.3 is 34.7 Å². The largest absolute Gasteiger partial charge is 2.00 e. The fourth-order valence-electron chi connectivity index (χ4n) is 16.5. The van der Waals surface area contributed by atoms with Gasteiger partial charge in [0.25, 0.3) is 0 Å². The topological polar surface area (TPSA) is 212 Å². The molecule has 0 saturated carbocycles. The summed E-state index contributed by atoms with van der Waals surface area (Å²) in [6.45, 7) is 3.88. The first-order valence-corrected chi connectivity index (χ1v) is 43.0. The average Bonchev–Trinajstić information content (AvgIpc) is 1.54. The molecule has 6 aromatic heterocycles. The normalized spacial score (nSPS) is 12.4. The van der Waals surface area contributed by atoms with E-state index in [-0.39, 0.29) is 139 Å². The van der Waals surface area contributed by atoms with Gasteiger partial charge in [0, 0.05) is 132 Å². The van der Waals surface area contributed by atoms with E-state index >= 15 is 8.78 Å². The maximum absolute atomic E-state index is 15.4. The average molecular weight is 2680 g/mol. The van der Waals surface area contributed by atoms with E-state index in [2.05, 4.69) is 85.8 Å². The predicted molar refractivity (Wildman–Crippen MR) is 505 cm³/mol. The minimum atomic E-state index is -4.57. The van der Waals surface area contributed by atoms with Crippen molar-refractivity contribution in [3.63, 3.8) is 0 Å². The predicted octanol–water partition coefficient (Wildman–Crippen LogP) is 24.5. The monoisotopic (exact) mass is 2680 g/mol. The van der Waals surface area contributed by atoms with Gasteiger partial charge in [-0.3, -0.25) is 68.9 Å². The van der Waals surface area contributed by atoms with Crippen LogP contribution < -0.4 is 14.9 Å². The van der Waals surface area contributed by atoms with E-state index in [1.54, 1.807) is 121 Å². The summed E-state index contributed by atoms with van der Waals surface area (Å²) in [5, 5.41) is 42.2. The van der Waals surface area contributed by atoms with E-state index in [4.69, 9.17) is 25.5 Å². The summed E-state index contributed by atoms with van der Waals surface area (Å²) < 4.78 is 178. The molecule has 33 heteroatoms. The van der Waals surface area contributed by atoms with Gasteiger partial charge in [-0.25, -0.2) is 16.1 Å². The van der Waals surface area contributed by atoms with Crippen LogP contribution in [0.4, 0.5) is 68.5 Å². The first-order chi connectivity index (χ1) is 69.3. The van der Waals surface area contributed by atoms with Crippen molar-refractivity contribution in [1.82, 2.24) is 49.9 Å². The molecule has 0 unspecified atom stereocenters. The number of nitrogens with zero attached hydrogens (tertiary/aromatic N) is 16. The van der Waals surface area contributed by atoms with E-state index in [0.29, 0.717) is 45.0 Å². The van der Waals surface area contributed by atoms with Gasteiger partial charge in [0.1, 0.15) is 11.2 Å². The third-order valence-electron chi connectivity index (χ3n) is 22.8. The van der Waals surface area contributed by atoms with E-state index < -0.39 is 92.1 Å². The zero-order valence-electron chi connectivity index (χ0n) is 75.7. The summed E-state index contributed by atoms with van der Waals surface area (Å²) in [5.74, 6) is -9.85. The second kappa shape index (κ2) is 47.6. The molecule has 4 aliphatic rings. The number of fused-ring (bicyclic) bond motifs is 6. The van der Waals surface area contributed by atoms with Gasteiger partial charge in [0.2, 0.25) is 0 Å². The van der Waals surface area contributed by atoms with Crippen molar-refractivity contribution in [3.8, 4) is 114 Å². The Hall–Kier alpha value is -16.1. The molecule has 147 heavy (non-hydrogen) atoms. The minimum absolute atomic E-state index is 0. The second-order valence-corrected chi connectivity index (χ2v) is 31.6. The molecular weight excluding hydrogens is 2610 g/mol. The number of benzene rings is 12. The third kappa shape index (κ3) is 22.7. The number of aromatic nitrogens is 8. The van der Waals surface area contributed by atoms with Crippen LogP contribution in [-0.2, 0) is 99.3 Å². The van der Waals surface area contributed by atoms with Crippen LogP contribution in [0.15, 0.2) is 328 Å². The summed E-state index contributed by atoms with van der Waals surface area (Å²) in [4.78, 5) is 33.5. The third-order valence-corrected chi connectivity index (χ3v) is 22.8. The number of pyridine rings is 5. The molecule has 2 aliphatic carbocycles. The molecule has 2 aliphatic heterocycles. The molecule has 0 fully saturated rings. The fraction of sp³-hybridized carbons (Fsp3) is 0.0439. The Balaban J connectivity index is 0.000000159. The molecule has 736 valence electrons. The standard InChI is InChI=1S/C37H16F4N4.C36H18F4N.C11H6F2N.2C11H9N3.C8H4F3N4.2Ir.2Pt/c38-29-17-15-23(35(40)25(29)19-42)31-11-5-13-33(44-31)37(27-9-3-1-7-21(27)22-8-2-4-10-28(22)37)34-14-6-12-32(45-34)24-16-18-30(39)26(20-43)36(24)41;37-24-15-17-26(32(39)20-24)22-7-5-8-23(19-22)36(30-11-3-1-9-27(30)28-10-2-4-12-31(28)36)35-14-6-13-34(41-35)29-18-16-25(38)21-33(29)40;12-8-4-5-9(10(13)7-8)11-3-1-2-6-14-11;2*1-13-6-7-14(9-13)11-4-2-10(8-12)3-5-11;9-8(10,11)7-13-6(14-15-7)5-3-1-2-4-12-5;;;;/h1-14,17-18H;1-16,20-21H;1-4,6-7H;2*2-4,6-7,9H,1H3;1-4H;;;;/q-2;-3;-1;2*-2;-1;;;;+2. The Morgan fingerprint density at radius 2 is 0.728 bits per heavy atom. The molecule has 12 aromatic carbocycles. The number of anilines is 2. The van der Waals surface area contributed by atoms with Gasteiger partial charge in [-0.05, 0) is 154 Å². The summed E-state index contributed by atoms with van der Waals surface area (Å²) in [5.41, 5.74) is 10.2. The van der Waals surface area contributed by atoms with Crippen LogP contribution in [0.5, 0.6) is 0 Å². The molecule has 22 rings (SSSR count). The molecule has 0 amide bonds. The summed E-state index contributed by atoms with van der Waals surface area (Å²) in [6, 6.07) is 110. The van der Waals surface area contributed by atoms with Gasteiger partial charge >= 0.3 is 27.2 Å². The first kappa shape index (κ1) is 108. The fourth-order valence-corrected chi connectivity index (χ4v) is 16.5. The van der Waals surface area contributed by atoms with Crippen LogP contribution in [-0.4, -0.2) is 58.9 Å². The Kier molecular flexibility index (Phi) is 35.1. The Bertz CT molecular complexity index is 7700. The minimum Gasteiger partial charge on any atom is -0.510 e. The van der Waals surface area contributed by atoms with Gasteiger partial charge in [-0.15, -0.1) is 89.7 Å². The number of hydrogen-bond acceptors (Lipinski definition) is 15. The zero-order valence-corrected chi connectivity index (χ0v) is 85.0. The van der Waals surface area contributed by atoms with E-state index in [1.165, 1.54) is 24.4 Å². The maximum atomic E-state index is 15.4. The molecule has 0 atom stereocenters. The van der Waals surface area contributed by atoms with E-state index in [9.17, 15) is 58.8 Å². The van der Waals surface area contributed by atoms with Crippen molar-refractivity contribution >= 4 is 11.4 Å². The second-order valence-electron chi connectivity index (χ2n) is 31.6. The SMILES string of the molecule is CN1C=CN(c2[c-]cc(C#N)cc2)[CH-]1.CN1C=CN(c2[c-]cc(C#N)cc2)[CH-]1.FC(F)(F)c1n[n-]c(-c2ccccn2)n1.Fc1c[c-]c(-c2[c-]c(C3(c4cccc(-c5[c-]cc(F)cc5F)n4)c4ccccc4-c4ccccc43)ccc2)c(F)c1.Fc1c[c-]c(-c2ccccn2)c(F)c1.N#Cc1c(F)c[c-]c(-c2cccc(C3(c4cccc(-c5[c-]cc(F)c(C#N)c5F)n4)c4ccccc4-c4ccccc43)n2)c1F.[Ir].[Ir].[Pt+2].[Pt]. The first-order valence-electron chi connectivity index (χ1n) is 43.0. The molecule has 18 aromatic rings. The van der Waals surface area contributed by atoms with Crippen molar-refractivity contribution in [1.29, 1.82) is 21.0 Å². The van der Waals surface area contributed by atoms with Gasteiger partial charge in [0.15, 0.2) is 0 Å². The van der Waals surface area contributed by atoms with Gasteiger partial charge in [-0.2, -0.15) is 103 Å². The molecular formula is C114H62F13Ir2N16Pt2-9. The zero-order chi connectivity index (χ0) is 100. The molecule has 8 heterocycles. The molecule has 0 saturated heterocycles. The van der Waals surface area contributed by atoms with E-state index in [0.717, 1.165) is 104 Å². The van der Waals surface area contributed by atoms with Crippen LogP contribution in [0.25, 0.3) is 89.9 Å². The molecule has 0 spiro atoms. The van der Waals surface area contributed by atoms with Crippen molar-refractivity contribution < 1.29 is 139 Å². The number of rotatable bonds is 12. The smallest absolute Gasteiger partial charge is 0.510 e. The summed E-state index contributed by atoms with van der Waals surface area (Å²) in [6.07, 6.45) is 6.21. The molecule has 2 radical (unpaired) electrons. The summed E-state index contributed by atoms with van der Waals surface area (Å²) in [7, 11) is 3.92. The van der Waals surface area contributed by atoms with Crippen molar-refractivity contribution in [2.75, 3.05) is 23.9 Å². The van der Waals surface area contributed by atoms with Gasteiger partial charge in [-0.1, -0.05) is 203 Å². The van der Waals surface area contributed by atoms with Crippen molar-refractivity contribution in [3.05, 3.63) is 521 Å². The maximum Gasteiger partial charge on any atom is 2.00 e. The summed E-state index contributed by atoms with van der Waals surface area (Å²) >= 11 is 0. The van der Waals surface area contributed by atoms with Gasteiger partial charge in [0.05, 0.1) is 57.9 Å². The van der Waals surface area contributed by atoms with Crippen LogP contribution in [0.1, 0.15) is 73.0 Å². The van der Waals surface area contributed by atoms with Crippen molar-refractivity contribution in [2.24, 2.45) is 0 Å². The number of hydrogen-bond donors (Lipinski definition) is 0. The van der Waals surface area contributed by atoms with Crippen LogP contribution >= 0.6 is 0 Å². The Morgan fingerprint density at radius 3 is 1.10 bits per heavy atom. The number of nitriles is 4. The van der Waals surface area contributed by atoms with Crippen LogP contribution in [0.2, 0.25) is 0 Å². The van der Waals surface area contributed by atoms with E-state index in [1.807, 2.05) is 193 Å².